The fourth-order valence-corrected chi connectivity index (χ4v) is 6.04. The number of hydrogen-bond donors (Lipinski definition) is 0. The second-order valence-corrected chi connectivity index (χ2v) is 10.2. The monoisotopic (exact) mass is 460 g/mol. The highest BCUT2D eigenvalue weighted by molar-refractivity contribution is 5.66. The van der Waals surface area contributed by atoms with E-state index in [-0.39, 0.29) is 0 Å². The summed E-state index contributed by atoms with van der Waals surface area (Å²) in [6.07, 6.45) is 12.5. The minimum Gasteiger partial charge on any atom is -0.493 e. The van der Waals surface area contributed by atoms with Crippen molar-refractivity contribution in [3.63, 3.8) is 0 Å². The molecule has 1 aliphatic carbocycles. The lowest BCUT2D eigenvalue weighted by Gasteiger charge is -2.42. The van der Waals surface area contributed by atoms with Crippen molar-refractivity contribution >= 4 is 5.65 Å². The molecule has 0 bridgehead atoms. The van der Waals surface area contributed by atoms with E-state index < -0.39 is 0 Å². The van der Waals surface area contributed by atoms with Gasteiger partial charge in [0.05, 0.1) is 19.9 Å². The first-order valence-corrected chi connectivity index (χ1v) is 12.9. The van der Waals surface area contributed by atoms with Gasteiger partial charge in [0, 0.05) is 30.0 Å². The topological polar surface area (TPSA) is 42.2 Å². The van der Waals surface area contributed by atoms with Crippen molar-refractivity contribution in [3.8, 4) is 22.8 Å². The van der Waals surface area contributed by atoms with Gasteiger partial charge >= 0.3 is 0 Å². The minimum atomic E-state index is 0.638. The second-order valence-electron chi connectivity index (χ2n) is 10.2. The molecule has 6 rings (SSSR count). The molecule has 1 aromatic carbocycles. The predicted molar refractivity (Wildman–Crippen MR) is 135 cm³/mol. The molecule has 0 N–H and O–H groups in total. The van der Waals surface area contributed by atoms with E-state index in [0.29, 0.717) is 5.92 Å². The number of likely N-dealkylation sites (tertiary alicyclic amines) is 2. The van der Waals surface area contributed by atoms with Crippen LogP contribution in [-0.4, -0.2) is 71.7 Å². The number of rotatable bonds is 6. The molecule has 2 aromatic heterocycles. The van der Waals surface area contributed by atoms with Gasteiger partial charge in [0.15, 0.2) is 11.5 Å². The first-order valence-electron chi connectivity index (χ1n) is 12.9. The van der Waals surface area contributed by atoms with Gasteiger partial charge < -0.3 is 23.7 Å². The summed E-state index contributed by atoms with van der Waals surface area (Å²) >= 11 is 0. The first-order chi connectivity index (χ1) is 16.7. The zero-order chi connectivity index (χ0) is 23.1. The molecular formula is C28H36N4O2. The van der Waals surface area contributed by atoms with Crippen LogP contribution in [0.4, 0.5) is 0 Å². The van der Waals surface area contributed by atoms with Crippen molar-refractivity contribution < 1.29 is 9.47 Å². The van der Waals surface area contributed by atoms with Gasteiger partial charge in [-0.15, -0.1) is 0 Å². The number of imidazole rings is 1. The quantitative estimate of drug-likeness (QED) is 0.527. The smallest absolute Gasteiger partial charge is 0.161 e. The predicted octanol–water partition coefficient (Wildman–Crippen LogP) is 4.82. The molecule has 34 heavy (non-hydrogen) atoms. The lowest BCUT2D eigenvalue weighted by Crippen LogP contribution is -2.47. The molecule has 6 heteroatoms. The Morgan fingerprint density at radius 1 is 0.735 bits per heavy atom. The standard InChI is InChI=1S/C28H36N4O2/c1-33-26-7-3-21(17-27(26)34-2)25-19-32-18-22(4-8-28(32)29-25)20-9-13-30(14-10-20)24-11-15-31(16-12-24)23-5-6-23/h3-4,7-8,17-20,23-24H,5-6,9-16H2,1-2H3. The highest BCUT2D eigenvalue weighted by Crippen LogP contribution is 2.35. The lowest BCUT2D eigenvalue weighted by atomic mass is 9.89. The Kier molecular flexibility index (Phi) is 5.95. The van der Waals surface area contributed by atoms with Crippen molar-refractivity contribution in [2.75, 3.05) is 40.4 Å². The number of fused-ring (bicyclic) bond motifs is 1. The minimum absolute atomic E-state index is 0.638. The Bertz CT molecular complexity index is 1140. The highest BCUT2D eigenvalue weighted by atomic mass is 16.5. The molecule has 3 aliphatic rings. The zero-order valence-corrected chi connectivity index (χ0v) is 20.4. The summed E-state index contributed by atoms with van der Waals surface area (Å²) in [7, 11) is 3.33. The Morgan fingerprint density at radius 2 is 1.41 bits per heavy atom. The van der Waals surface area contributed by atoms with E-state index in [4.69, 9.17) is 14.5 Å². The molecule has 0 atom stereocenters. The van der Waals surface area contributed by atoms with Crippen molar-refractivity contribution in [2.45, 2.75) is 56.5 Å². The van der Waals surface area contributed by atoms with Gasteiger partial charge in [-0.1, -0.05) is 6.07 Å². The van der Waals surface area contributed by atoms with Gasteiger partial charge in [0.25, 0.3) is 0 Å². The van der Waals surface area contributed by atoms with Crippen LogP contribution in [0.5, 0.6) is 11.5 Å². The molecular weight excluding hydrogens is 424 g/mol. The average molecular weight is 461 g/mol. The molecule has 1 saturated carbocycles. The molecule has 0 unspecified atom stereocenters. The van der Waals surface area contributed by atoms with E-state index in [1.165, 1.54) is 70.3 Å². The highest BCUT2D eigenvalue weighted by Gasteiger charge is 2.34. The summed E-state index contributed by atoms with van der Waals surface area (Å²) in [4.78, 5) is 10.4. The molecule has 3 fully saturated rings. The van der Waals surface area contributed by atoms with E-state index in [2.05, 4.69) is 38.7 Å². The lowest BCUT2D eigenvalue weighted by molar-refractivity contribution is 0.0843. The zero-order valence-electron chi connectivity index (χ0n) is 20.4. The van der Waals surface area contributed by atoms with Crippen LogP contribution in [0.2, 0.25) is 0 Å². The van der Waals surface area contributed by atoms with Gasteiger partial charge in [-0.3, -0.25) is 0 Å². The fourth-order valence-electron chi connectivity index (χ4n) is 6.04. The molecule has 3 aromatic rings. The first kappa shape index (κ1) is 21.9. The van der Waals surface area contributed by atoms with Crippen LogP contribution in [0.3, 0.4) is 0 Å². The van der Waals surface area contributed by atoms with Gasteiger partial charge in [0.1, 0.15) is 5.65 Å². The Hall–Kier alpha value is -2.57. The van der Waals surface area contributed by atoms with Crippen LogP contribution in [0, 0.1) is 0 Å². The van der Waals surface area contributed by atoms with Gasteiger partial charge in [-0.05, 0) is 100 Å². The molecule has 0 spiro atoms. The molecule has 4 heterocycles. The number of pyridine rings is 1. The molecule has 6 nitrogen and oxygen atoms in total. The van der Waals surface area contributed by atoms with Gasteiger partial charge in [0.2, 0.25) is 0 Å². The molecule has 2 aliphatic heterocycles. The summed E-state index contributed by atoms with van der Waals surface area (Å²) in [5.74, 6) is 2.10. The van der Waals surface area contributed by atoms with Crippen molar-refractivity contribution in [2.24, 2.45) is 0 Å². The third kappa shape index (κ3) is 4.29. The summed E-state index contributed by atoms with van der Waals surface area (Å²) in [6.45, 7) is 5.10. The normalized spacial score (nSPS) is 21.2. The summed E-state index contributed by atoms with van der Waals surface area (Å²) in [5.41, 5.74) is 4.40. The maximum atomic E-state index is 5.48. The largest absolute Gasteiger partial charge is 0.493 e. The Morgan fingerprint density at radius 3 is 2.09 bits per heavy atom. The van der Waals surface area contributed by atoms with Crippen molar-refractivity contribution in [1.29, 1.82) is 0 Å². The SMILES string of the molecule is COc1ccc(-c2cn3cc(C4CCN(C5CCN(C6CC6)CC5)CC4)ccc3n2)cc1OC. The number of hydrogen-bond acceptors (Lipinski definition) is 5. The summed E-state index contributed by atoms with van der Waals surface area (Å²) in [6, 6.07) is 12.1. The third-order valence-corrected chi connectivity index (χ3v) is 8.23. The van der Waals surface area contributed by atoms with E-state index >= 15 is 0 Å². The number of ether oxygens (including phenoxy) is 2. The van der Waals surface area contributed by atoms with E-state index in [0.717, 1.165) is 40.5 Å². The Labute approximate surface area is 202 Å². The van der Waals surface area contributed by atoms with Crippen molar-refractivity contribution in [3.05, 3.63) is 48.3 Å². The van der Waals surface area contributed by atoms with Crippen molar-refractivity contribution in [1.82, 2.24) is 19.2 Å². The number of aromatic nitrogens is 2. The summed E-state index contributed by atoms with van der Waals surface area (Å²) < 4.78 is 13.0. The van der Waals surface area contributed by atoms with E-state index in [1.54, 1.807) is 14.2 Å². The average Bonchev–Trinajstić information content (AvgIpc) is 3.66. The third-order valence-electron chi connectivity index (χ3n) is 8.23. The molecule has 2 saturated heterocycles. The van der Waals surface area contributed by atoms with Crippen LogP contribution in [0.25, 0.3) is 16.9 Å². The fraction of sp³-hybridized carbons (Fsp3) is 0.536. The van der Waals surface area contributed by atoms with E-state index in [9.17, 15) is 0 Å². The number of piperidine rings is 2. The van der Waals surface area contributed by atoms with Crippen LogP contribution in [0.15, 0.2) is 42.7 Å². The maximum Gasteiger partial charge on any atom is 0.161 e. The van der Waals surface area contributed by atoms with Crippen LogP contribution >= 0.6 is 0 Å². The van der Waals surface area contributed by atoms with Crippen LogP contribution < -0.4 is 9.47 Å². The Balaban J connectivity index is 1.12. The number of nitrogens with zero attached hydrogens (tertiary/aromatic N) is 4. The van der Waals surface area contributed by atoms with Crippen LogP contribution in [0.1, 0.15) is 50.0 Å². The van der Waals surface area contributed by atoms with Crippen LogP contribution in [-0.2, 0) is 0 Å². The second kappa shape index (κ2) is 9.23. The van der Waals surface area contributed by atoms with Gasteiger partial charge in [-0.25, -0.2) is 4.98 Å². The summed E-state index contributed by atoms with van der Waals surface area (Å²) in [5, 5.41) is 0. The number of benzene rings is 1. The van der Waals surface area contributed by atoms with Gasteiger partial charge in [-0.2, -0.15) is 0 Å². The van der Waals surface area contributed by atoms with E-state index in [1.807, 2.05) is 18.2 Å². The maximum absolute atomic E-state index is 5.48. The molecule has 0 radical (unpaired) electrons. The molecule has 0 amide bonds. The number of methoxy groups -OCH3 is 2. The molecule has 180 valence electrons.